The molecule has 0 aromatic carbocycles. The molecule has 0 aromatic heterocycles. The minimum atomic E-state index is 0.154. The summed E-state index contributed by atoms with van der Waals surface area (Å²) in [5.41, 5.74) is 0. The Labute approximate surface area is 80.8 Å². The van der Waals surface area contributed by atoms with Gasteiger partial charge in [0.1, 0.15) is 0 Å². The van der Waals surface area contributed by atoms with Crippen LogP contribution in [-0.2, 0) is 4.79 Å². The standard InChI is InChI=1S/C12H18O/c1-3-5-6-7-8-9-10-11-12(13)4-2/h3-6H,1-2,7-11H2/b6-5+. The van der Waals surface area contributed by atoms with E-state index in [4.69, 9.17) is 0 Å². The van der Waals surface area contributed by atoms with E-state index >= 15 is 0 Å². The van der Waals surface area contributed by atoms with Crippen LogP contribution in [0, 0.1) is 0 Å². The SMILES string of the molecule is C=C/C=C/CCCCCC(=O)C=C. The molecule has 0 amide bonds. The van der Waals surface area contributed by atoms with Crippen LogP contribution in [0.15, 0.2) is 37.5 Å². The molecule has 0 fully saturated rings. The van der Waals surface area contributed by atoms with E-state index in [9.17, 15) is 4.79 Å². The predicted octanol–water partition coefficient (Wildman–Crippen LogP) is 3.43. The minimum Gasteiger partial charge on any atom is -0.295 e. The van der Waals surface area contributed by atoms with Crippen LogP contribution in [0.5, 0.6) is 0 Å². The molecule has 1 heteroatoms. The first-order valence-corrected chi connectivity index (χ1v) is 4.74. The maximum Gasteiger partial charge on any atom is 0.155 e. The van der Waals surface area contributed by atoms with E-state index in [1.165, 1.54) is 6.08 Å². The highest BCUT2D eigenvalue weighted by Gasteiger charge is 1.94. The Hall–Kier alpha value is -1.11. The number of ketones is 1. The van der Waals surface area contributed by atoms with Gasteiger partial charge < -0.3 is 0 Å². The van der Waals surface area contributed by atoms with Gasteiger partial charge in [0, 0.05) is 6.42 Å². The zero-order valence-corrected chi connectivity index (χ0v) is 8.17. The third-order valence-electron chi connectivity index (χ3n) is 1.79. The molecule has 0 radical (unpaired) electrons. The summed E-state index contributed by atoms with van der Waals surface area (Å²) >= 11 is 0. The van der Waals surface area contributed by atoms with Gasteiger partial charge in [-0.1, -0.05) is 37.8 Å². The molecule has 0 rings (SSSR count). The summed E-state index contributed by atoms with van der Waals surface area (Å²) in [5, 5.41) is 0. The quantitative estimate of drug-likeness (QED) is 0.316. The van der Waals surface area contributed by atoms with Crippen molar-refractivity contribution in [2.24, 2.45) is 0 Å². The maximum atomic E-state index is 10.8. The van der Waals surface area contributed by atoms with Crippen molar-refractivity contribution in [2.45, 2.75) is 32.1 Å². The van der Waals surface area contributed by atoms with Gasteiger partial charge in [-0.05, 0) is 25.3 Å². The molecular weight excluding hydrogens is 160 g/mol. The van der Waals surface area contributed by atoms with Gasteiger partial charge in [-0.15, -0.1) is 0 Å². The van der Waals surface area contributed by atoms with Crippen LogP contribution in [0.25, 0.3) is 0 Å². The largest absolute Gasteiger partial charge is 0.295 e. The van der Waals surface area contributed by atoms with Gasteiger partial charge in [-0.3, -0.25) is 4.79 Å². The minimum absolute atomic E-state index is 0.154. The molecule has 0 heterocycles. The lowest BCUT2D eigenvalue weighted by Gasteiger charge is -1.95. The highest BCUT2D eigenvalue weighted by Crippen LogP contribution is 2.04. The number of hydrogen-bond donors (Lipinski definition) is 0. The maximum absolute atomic E-state index is 10.8. The molecule has 0 atom stereocenters. The third-order valence-corrected chi connectivity index (χ3v) is 1.79. The van der Waals surface area contributed by atoms with E-state index in [-0.39, 0.29) is 5.78 Å². The second kappa shape index (κ2) is 8.98. The van der Waals surface area contributed by atoms with Crippen molar-refractivity contribution in [3.05, 3.63) is 37.5 Å². The molecule has 0 aliphatic rings. The zero-order chi connectivity index (χ0) is 9.94. The summed E-state index contributed by atoms with van der Waals surface area (Å²) < 4.78 is 0. The van der Waals surface area contributed by atoms with Crippen LogP contribution < -0.4 is 0 Å². The Balaban J connectivity index is 3.16. The Morgan fingerprint density at radius 3 is 2.54 bits per heavy atom. The van der Waals surface area contributed by atoms with Crippen LogP contribution in [0.2, 0.25) is 0 Å². The van der Waals surface area contributed by atoms with E-state index in [1.807, 2.05) is 6.08 Å². The van der Waals surface area contributed by atoms with Gasteiger partial charge in [-0.25, -0.2) is 0 Å². The molecule has 0 bridgehead atoms. The third kappa shape index (κ3) is 8.80. The first kappa shape index (κ1) is 11.9. The molecular formula is C12H18O. The van der Waals surface area contributed by atoms with Crippen LogP contribution in [0.3, 0.4) is 0 Å². The van der Waals surface area contributed by atoms with E-state index in [1.54, 1.807) is 6.08 Å². The van der Waals surface area contributed by atoms with Crippen molar-refractivity contribution in [3.8, 4) is 0 Å². The Morgan fingerprint density at radius 1 is 1.15 bits per heavy atom. The van der Waals surface area contributed by atoms with E-state index in [2.05, 4.69) is 19.2 Å². The lowest BCUT2D eigenvalue weighted by molar-refractivity contribution is -0.114. The zero-order valence-electron chi connectivity index (χ0n) is 8.17. The number of carbonyl (C=O) groups excluding carboxylic acids is 1. The van der Waals surface area contributed by atoms with Gasteiger partial charge in [0.05, 0.1) is 0 Å². The summed E-state index contributed by atoms with van der Waals surface area (Å²) in [6, 6.07) is 0. The molecule has 0 aromatic rings. The molecule has 0 saturated carbocycles. The van der Waals surface area contributed by atoms with Crippen LogP contribution >= 0.6 is 0 Å². The van der Waals surface area contributed by atoms with Gasteiger partial charge in [0.15, 0.2) is 5.78 Å². The second-order valence-corrected chi connectivity index (χ2v) is 2.93. The summed E-state index contributed by atoms with van der Waals surface area (Å²) in [7, 11) is 0. The van der Waals surface area contributed by atoms with Gasteiger partial charge in [-0.2, -0.15) is 0 Å². The Morgan fingerprint density at radius 2 is 1.92 bits per heavy atom. The highest BCUT2D eigenvalue weighted by molar-refractivity contribution is 5.88. The lowest BCUT2D eigenvalue weighted by Crippen LogP contribution is -1.90. The molecule has 0 saturated heterocycles. The van der Waals surface area contributed by atoms with Crippen molar-refractivity contribution in [1.82, 2.24) is 0 Å². The van der Waals surface area contributed by atoms with Gasteiger partial charge in [0.25, 0.3) is 0 Å². The van der Waals surface area contributed by atoms with E-state index < -0.39 is 0 Å². The molecule has 0 aliphatic heterocycles. The normalized spacial score (nSPS) is 10.2. The molecule has 13 heavy (non-hydrogen) atoms. The lowest BCUT2D eigenvalue weighted by atomic mass is 10.1. The van der Waals surface area contributed by atoms with E-state index in [0.29, 0.717) is 6.42 Å². The number of allylic oxidation sites excluding steroid dienone is 4. The van der Waals surface area contributed by atoms with Crippen molar-refractivity contribution in [3.63, 3.8) is 0 Å². The Bertz CT molecular complexity index is 189. The van der Waals surface area contributed by atoms with Crippen molar-refractivity contribution < 1.29 is 4.79 Å². The average molecular weight is 178 g/mol. The summed E-state index contributed by atoms with van der Waals surface area (Å²) in [5.74, 6) is 0.154. The fraction of sp³-hybridized carbons (Fsp3) is 0.417. The van der Waals surface area contributed by atoms with Gasteiger partial charge >= 0.3 is 0 Å². The Kier molecular flexibility index (Phi) is 8.21. The molecule has 0 spiro atoms. The topological polar surface area (TPSA) is 17.1 Å². The number of carbonyl (C=O) groups is 1. The summed E-state index contributed by atoms with van der Waals surface area (Å²) in [6.45, 7) is 7.01. The van der Waals surface area contributed by atoms with Crippen LogP contribution in [0.1, 0.15) is 32.1 Å². The van der Waals surface area contributed by atoms with Crippen LogP contribution in [-0.4, -0.2) is 5.78 Å². The van der Waals surface area contributed by atoms with E-state index in [0.717, 1.165) is 25.7 Å². The summed E-state index contributed by atoms with van der Waals surface area (Å²) in [6.07, 6.45) is 12.2. The first-order chi connectivity index (χ1) is 6.31. The first-order valence-electron chi connectivity index (χ1n) is 4.74. The number of hydrogen-bond acceptors (Lipinski definition) is 1. The predicted molar refractivity (Wildman–Crippen MR) is 57.6 cm³/mol. The molecule has 0 unspecified atom stereocenters. The molecule has 0 aliphatic carbocycles. The highest BCUT2D eigenvalue weighted by atomic mass is 16.1. The van der Waals surface area contributed by atoms with Gasteiger partial charge in [0.2, 0.25) is 0 Å². The monoisotopic (exact) mass is 178 g/mol. The van der Waals surface area contributed by atoms with Crippen LogP contribution in [0.4, 0.5) is 0 Å². The van der Waals surface area contributed by atoms with Crippen molar-refractivity contribution >= 4 is 5.78 Å². The smallest absolute Gasteiger partial charge is 0.155 e. The second-order valence-electron chi connectivity index (χ2n) is 2.93. The molecule has 0 N–H and O–H groups in total. The van der Waals surface area contributed by atoms with Crippen molar-refractivity contribution in [2.75, 3.05) is 0 Å². The average Bonchev–Trinajstić information content (AvgIpc) is 2.16. The summed E-state index contributed by atoms with van der Waals surface area (Å²) in [4.78, 5) is 10.8. The molecule has 1 nitrogen and oxygen atoms in total. The fourth-order valence-corrected chi connectivity index (χ4v) is 1.03. The van der Waals surface area contributed by atoms with Crippen molar-refractivity contribution in [1.29, 1.82) is 0 Å². The number of rotatable bonds is 8. The molecule has 72 valence electrons. The fourth-order valence-electron chi connectivity index (χ4n) is 1.03. The number of unbranched alkanes of at least 4 members (excludes halogenated alkanes) is 3.